The third-order valence-corrected chi connectivity index (χ3v) is 14.2. The lowest BCUT2D eigenvalue weighted by Crippen LogP contribution is -2.30. The van der Waals surface area contributed by atoms with Gasteiger partial charge in [-0.25, -0.2) is 0 Å². The minimum Gasteiger partial charge on any atom is -0.462 e. The molecule has 0 saturated carbocycles. The Morgan fingerprint density at radius 3 is 0.843 bits per heavy atom. The summed E-state index contributed by atoms with van der Waals surface area (Å²) in [7, 11) is 0. The van der Waals surface area contributed by atoms with Gasteiger partial charge in [0.25, 0.3) is 0 Å². The average molecular weight is 986 g/mol. The summed E-state index contributed by atoms with van der Waals surface area (Å²) in [6, 6.07) is 0. The number of esters is 3. The highest BCUT2D eigenvalue weighted by molar-refractivity contribution is 5.71. The van der Waals surface area contributed by atoms with Crippen molar-refractivity contribution in [2.24, 2.45) is 0 Å². The van der Waals surface area contributed by atoms with E-state index in [9.17, 15) is 14.4 Å². The summed E-state index contributed by atoms with van der Waals surface area (Å²) >= 11 is 0. The van der Waals surface area contributed by atoms with Gasteiger partial charge in [0.05, 0.1) is 0 Å². The number of rotatable bonds is 58. The number of unbranched alkanes of at least 4 members (excludes halogenated alkanes) is 43. The Morgan fingerprint density at radius 2 is 0.543 bits per heavy atom. The molecule has 0 saturated heterocycles. The SMILES string of the molecule is CCC/C=C\C/C=C\CCCCCCCC(=O)OCC(COC(=O)CCCCCCCCCCCCCCCCCCCCCCCC)OC(=O)CCCCCCCCCCCCCCCCCCC. The first-order chi connectivity index (χ1) is 34.5. The maximum atomic E-state index is 12.9. The second kappa shape index (κ2) is 59.5. The van der Waals surface area contributed by atoms with Gasteiger partial charge in [0.15, 0.2) is 6.10 Å². The molecule has 0 aromatic carbocycles. The van der Waals surface area contributed by atoms with E-state index in [4.69, 9.17) is 14.2 Å². The summed E-state index contributed by atoms with van der Waals surface area (Å²) < 4.78 is 16.9. The number of carbonyl (C=O) groups is 3. The van der Waals surface area contributed by atoms with Crippen LogP contribution in [-0.2, 0) is 28.6 Å². The number of hydrogen-bond donors (Lipinski definition) is 0. The quantitative estimate of drug-likeness (QED) is 0.0261. The third-order valence-electron chi connectivity index (χ3n) is 14.2. The molecule has 0 aromatic heterocycles. The van der Waals surface area contributed by atoms with E-state index in [0.717, 1.165) is 83.5 Å². The molecule has 0 bridgehead atoms. The standard InChI is InChI=1S/C64H120O6/c1-4-7-10-13-16-19-22-25-27-29-30-31-32-33-35-36-39-42-45-48-51-54-57-63(66)69-60-61(59-68-62(65)56-53-50-47-44-41-38-24-21-18-15-12-9-6-3)70-64(67)58-55-52-49-46-43-40-37-34-28-26-23-20-17-14-11-8-5-2/h12,15,21,24,61H,4-11,13-14,16-20,22-23,25-60H2,1-3H3/b15-12-,24-21-. The summed E-state index contributed by atoms with van der Waals surface area (Å²) in [5.41, 5.74) is 0. The topological polar surface area (TPSA) is 78.9 Å². The maximum absolute atomic E-state index is 12.9. The lowest BCUT2D eigenvalue weighted by molar-refractivity contribution is -0.167. The molecule has 70 heavy (non-hydrogen) atoms. The smallest absolute Gasteiger partial charge is 0.306 e. The third kappa shape index (κ3) is 56.8. The molecule has 0 aromatic rings. The lowest BCUT2D eigenvalue weighted by atomic mass is 10.0. The summed E-state index contributed by atoms with van der Waals surface area (Å²) in [5.74, 6) is -0.858. The van der Waals surface area contributed by atoms with Crippen molar-refractivity contribution in [3.8, 4) is 0 Å². The molecular weight excluding hydrogens is 865 g/mol. The molecule has 0 spiro atoms. The normalized spacial score (nSPS) is 12.1. The van der Waals surface area contributed by atoms with Crippen LogP contribution in [0, 0.1) is 0 Å². The second-order valence-corrected chi connectivity index (χ2v) is 21.3. The van der Waals surface area contributed by atoms with Crippen LogP contribution in [0.25, 0.3) is 0 Å². The van der Waals surface area contributed by atoms with Crippen LogP contribution in [0.15, 0.2) is 24.3 Å². The van der Waals surface area contributed by atoms with E-state index < -0.39 is 6.10 Å². The van der Waals surface area contributed by atoms with Crippen LogP contribution < -0.4 is 0 Å². The van der Waals surface area contributed by atoms with Crippen molar-refractivity contribution in [3.05, 3.63) is 24.3 Å². The largest absolute Gasteiger partial charge is 0.462 e. The van der Waals surface area contributed by atoms with Crippen molar-refractivity contribution in [1.29, 1.82) is 0 Å². The van der Waals surface area contributed by atoms with Gasteiger partial charge in [0, 0.05) is 19.3 Å². The van der Waals surface area contributed by atoms with Gasteiger partial charge in [-0.05, 0) is 44.9 Å². The van der Waals surface area contributed by atoms with Gasteiger partial charge in [0.2, 0.25) is 0 Å². The van der Waals surface area contributed by atoms with Crippen molar-refractivity contribution in [1.82, 2.24) is 0 Å². The van der Waals surface area contributed by atoms with Crippen LogP contribution in [0.2, 0.25) is 0 Å². The van der Waals surface area contributed by atoms with Crippen molar-refractivity contribution < 1.29 is 28.6 Å². The van der Waals surface area contributed by atoms with E-state index in [1.807, 2.05) is 0 Å². The molecular formula is C64H120O6. The predicted molar refractivity (Wildman–Crippen MR) is 303 cm³/mol. The molecule has 6 nitrogen and oxygen atoms in total. The van der Waals surface area contributed by atoms with Gasteiger partial charge in [-0.3, -0.25) is 14.4 Å². The summed E-state index contributed by atoms with van der Waals surface area (Å²) in [4.78, 5) is 38.2. The first-order valence-corrected chi connectivity index (χ1v) is 31.3. The van der Waals surface area contributed by atoms with Crippen LogP contribution in [-0.4, -0.2) is 37.2 Å². The van der Waals surface area contributed by atoms with Crippen LogP contribution in [0.3, 0.4) is 0 Å². The molecule has 6 heteroatoms. The summed E-state index contributed by atoms with van der Waals surface area (Å²) in [5, 5.41) is 0. The van der Waals surface area contributed by atoms with Crippen LogP contribution in [0.1, 0.15) is 348 Å². The van der Waals surface area contributed by atoms with E-state index in [0.29, 0.717) is 19.3 Å². The first-order valence-electron chi connectivity index (χ1n) is 31.3. The summed E-state index contributed by atoms with van der Waals surface area (Å²) in [6.45, 7) is 6.63. The molecule has 0 heterocycles. The molecule has 0 N–H and O–H groups in total. The number of carbonyl (C=O) groups excluding carboxylic acids is 3. The molecule has 0 aliphatic rings. The van der Waals surface area contributed by atoms with Gasteiger partial charge in [0.1, 0.15) is 13.2 Å². The van der Waals surface area contributed by atoms with Crippen LogP contribution in [0.5, 0.6) is 0 Å². The van der Waals surface area contributed by atoms with Gasteiger partial charge in [-0.15, -0.1) is 0 Å². The Balaban J connectivity index is 4.25. The highest BCUT2D eigenvalue weighted by Gasteiger charge is 2.19. The monoisotopic (exact) mass is 985 g/mol. The van der Waals surface area contributed by atoms with Crippen molar-refractivity contribution in [2.45, 2.75) is 354 Å². The zero-order valence-electron chi connectivity index (χ0n) is 47.3. The predicted octanol–water partition coefficient (Wildman–Crippen LogP) is 21.1. The number of allylic oxidation sites excluding steroid dienone is 4. The fourth-order valence-electron chi connectivity index (χ4n) is 9.48. The molecule has 0 aliphatic carbocycles. The molecule has 1 unspecified atom stereocenters. The molecule has 0 aliphatic heterocycles. The van der Waals surface area contributed by atoms with Gasteiger partial charge in [-0.2, -0.15) is 0 Å². The van der Waals surface area contributed by atoms with E-state index in [2.05, 4.69) is 45.1 Å². The maximum Gasteiger partial charge on any atom is 0.306 e. The molecule has 412 valence electrons. The zero-order chi connectivity index (χ0) is 50.7. The lowest BCUT2D eigenvalue weighted by Gasteiger charge is -2.18. The highest BCUT2D eigenvalue weighted by atomic mass is 16.6. The summed E-state index contributed by atoms with van der Waals surface area (Å²) in [6.07, 6.45) is 70.4. The van der Waals surface area contributed by atoms with Gasteiger partial charge in [-0.1, -0.05) is 308 Å². The molecule has 0 fully saturated rings. The Morgan fingerprint density at radius 1 is 0.286 bits per heavy atom. The van der Waals surface area contributed by atoms with Gasteiger partial charge >= 0.3 is 17.9 Å². The van der Waals surface area contributed by atoms with Gasteiger partial charge < -0.3 is 14.2 Å². The highest BCUT2D eigenvalue weighted by Crippen LogP contribution is 2.18. The molecule has 1 atom stereocenters. The Labute approximate surface area is 436 Å². The Hall–Kier alpha value is -2.11. The number of ether oxygens (including phenoxy) is 3. The fourth-order valence-corrected chi connectivity index (χ4v) is 9.48. The first kappa shape index (κ1) is 67.9. The van der Waals surface area contributed by atoms with E-state index >= 15 is 0 Å². The average Bonchev–Trinajstić information content (AvgIpc) is 3.36. The van der Waals surface area contributed by atoms with Crippen LogP contribution >= 0.6 is 0 Å². The zero-order valence-corrected chi connectivity index (χ0v) is 47.3. The molecule has 0 radical (unpaired) electrons. The van der Waals surface area contributed by atoms with Crippen molar-refractivity contribution in [3.63, 3.8) is 0 Å². The minimum atomic E-state index is -0.772. The van der Waals surface area contributed by atoms with E-state index in [1.165, 1.54) is 225 Å². The van der Waals surface area contributed by atoms with Crippen molar-refractivity contribution in [2.75, 3.05) is 13.2 Å². The Bertz CT molecular complexity index is 1130. The molecule has 0 rings (SSSR count). The number of hydrogen-bond acceptors (Lipinski definition) is 6. The van der Waals surface area contributed by atoms with E-state index in [1.54, 1.807) is 0 Å². The second-order valence-electron chi connectivity index (χ2n) is 21.3. The van der Waals surface area contributed by atoms with Crippen molar-refractivity contribution >= 4 is 17.9 Å². The Kier molecular flexibility index (Phi) is 57.7. The minimum absolute atomic E-state index is 0.0698. The van der Waals surface area contributed by atoms with Crippen LogP contribution in [0.4, 0.5) is 0 Å². The van der Waals surface area contributed by atoms with E-state index in [-0.39, 0.29) is 31.1 Å². The fraction of sp³-hybridized carbons (Fsp3) is 0.891. The molecule has 0 amide bonds.